The van der Waals surface area contributed by atoms with E-state index in [0.29, 0.717) is 22.9 Å². The van der Waals surface area contributed by atoms with Crippen LogP contribution >= 0.6 is 0 Å². The molecule has 3 aromatic rings. The van der Waals surface area contributed by atoms with Gasteiger partial charge in [0, 0.05) is 6.42 Å². The summed E-state index contributed by atoms with van der Waals surface area (Å²) in [5.74, 6) is 2.16. The summed E-state index contributed by atoms with van der Waals surface area (Å²) in [6.45, 7) is 3.92. The number of benzene rings is 1. The number of fused-ring (bicyclic) bond motifs is 1. The average molecular weight is 321 g/mol. The van der Waals surface area contributed by atoms with Crippen LogP contribution in [0.15, 0.2) is 29.3 Å². The SMILES string of the molecule is Cc1ccc(C)c2c(=O)n(-c3cnc(N)cn3)c(CC3CC3)nc12. The van der Waals surface area contributed by atoms with Gasteiger partial charge in [-0.3, -0.25) is 4.79 Å². The Morgan fingerprint density at radius 2 is 1.92 bits per heavy atom. The number of aromatic nitrogens is 4. The molecule has 0 amide bonds. The molecule has 0 bridgehead atoms. The summed E-state index contributed by atoms with van der Waals surface area (Å²) in [5.41, 5.74) is 8.26. The highest BCUT2D eigenvalue weighted by Crippen LogP contribution is 2.32. The Hall–Kier alpha value is -2.76. The highest BCUT2D eigenvalue weighted by molar-refractivity contribution is 5.84. The van der Waals surface area contributed by atoms with Crippen molar-refractivity contribution in [1.29, 1.82) is 0 Å². The maximum Gasteiger partial charge on any atom is 0.267 e. The first-order chi connectivity index (χ1) is 11.5. The first-order valence-electron chi connectivity index (χ1n) is 8.14. The quantitative estimate of drug-likeness (QED) is 0.800. The minimum absolute atomic E-state index is 0.0871. The normalized spacial score (nSPS) is 14.2. The average Bonchev–Trinajstić information content (AvgIpc) is 3.36. The van der Waals surface area contributed by atoms with Crippen molar-refractivity contribution in [2.24, 2.45) is 5.92 Å². The molecule has 1 aliphatic carbocycles. The molecule has 0 aliphatic heterocycles. The monoisotopic (exact) mass is 321 g/mol. The Labute approximate surface area is 139 Å². The van der Waals surface area contributed by atoms with E-state index < -0.39 is 0 Å². The lowest BCUT2D eigenvalue weighted by molar-refractivity contribution is 0.718. The van der Waals surface area contributed by atoms with E-state index in [-0.39, 0.29) is 5.56 Å². The van der Waals surface area contributed by atoms with Crippen LogP contribution in [0.4, 0.5) is 5.82 Å². The summed E-state index contributed by atoms with van der Waals surface area (Å²) in [7, 11) is 0. The van der Waals surface area contributed by atoms with Gasteiger partial charge in [0.25, 0.3) is 5.56 Å². The summed E-state index contributed by atoms with van der Waals surface area (Å²) in [6, 6.07) is 3.97. The molecule has 2 heterocycles. The minimum Gasteiger partial charge on any atom is -0.382 e. The maximum absolute atomic E-state index is 13.2. The highest BCUT2D eigenvalue weighted by Gasteiger charge is 2.26. The number of nitrogens with zero attached hydrogens (tertiary/aromatic N) is 4. The van der Waals surface area contributed by atoms with Crippen LogP contribution in [0.3, 0.4) is 0 Å². The molecule has 2 aromatic heterocycles. The molecule has 6 heteroatoms. The van der Waals surface area contributed by atoms with Crippen molar-refractivity contribution >= 4 is 16.7 Å². The number of hydrogen-bond donors (Lipinski definition) is 1. The van der Waals surface area contributed by atoms with Crippen LogP contribution in [-0.2, 0) is 6.42 Å². The van der Waals surface area contributed by atoms with E-state index in [0.717, 1.165) is 28.9 Å². The van der Waals surface area contributed by atoms with Gasteiger partial charge in [-0.15, -0.1) is 0 Å². The van der Waals surface area contributed by atoms with Crippen molar-refractivity contribution in [3.63, 3.8) is 0 Å². The predicted molar refractivity (Wildman–Crippen MR) is 93.2 cm³/mol. The van der Waals surface area contributed by atoms with Gasteiger partial charge in [0.2, 0.25) is 0 Å². The van der Waals surface area contributed by atoms with Crippen LogP contribution in [0.25, 0.3) is 16.7 Å². The third kappa shape index (κ3) is 2.44. The molecular weight excluding hydrogens is 302 g/mol. The fourth-order valence-corrected chi connectivity index (χ4v) is 3.02. The second-order valence-corrected chi connectivity index (χ2v) is 6.54. The highest BCUT2D eigenvalue weighted by atomic mass is 16.1. The molecule has 0 radical (unpaired) electrons. The molecule has 6 nitrogen and oxygen atoms in total. The Balaban J connectivity index is 2.05. The van der Waals surface area contributed by atoms with E-state index in [4.69, 9.17) is 10.7 Å². The molecule has 1 aromatic carbocycles. The Bertz CT molecular complexity index is 987. The number of aryl methyl sites for hydroxylation is 2. The molecular formula is C18H19N5O. The van der Waals surface area contributed by atoms with E-state index in [2.05, 4.69) is 9.97 Å². The molecule has 2 N–H and O–H groups in total. The summed E-state index contributed by atoms with van der Waals surface area (Å²) < 4.78 is 1.60. The van der Waals surface area contributed by atoms with Gasteiger partial charge in [-0.1, -0.05) is 12.1 Å². The second-order valence-electron chi connectivity index (χ2n) is 6.54. The molecule has 0 saturated heterocycles. The Morgan fingerprint density at radius 1 is 1.17 bits per heavy atom. The van der Waals surface area contributed by atoms with Crippen molar-refractivity contribution in [1.82, 2.24) is 19.5 Å². The van der Waals surface area contributed by atoms with Gasteiger partial charge in [0.1, 0.15) is 11.6 Å². The molecule has 0 atom stereocenters. The number of rotatable bonds is 3. The Morgan fingerprint density at radius 3 is 2.58 bits per heavy atom. The van der Waals surface area contributed by atoms with Gasteiger partial charge in [0.05, 0.1) is 23.3 Å². The van der Waals surface area contributed by atoms with Crippen LogP contribution in [0.5, 0.6) is 0 Å². The fraction of sp³-hybridized carbons (Fsp3) is 0.333. The number of hydrogen-bond acceptors (Lipinski definition) is 5. The van der Waals surface area contributed by atoms with Gasteiger partial charge < -0.3 is 5.73 Å². The lowest BCUT2D eigenvalue weighted by Crippen LogP contribution is -2.26. The lowest BCUT2D eigenvalue weighted by Gasteiger charge is -2.14. The van der Waals surface area contributed by atoms with E-state index in [1.54, 1.807) is 4.57 Å². The molecule has 0 spiro atoms. The van der Waals surface area contributed by atoms with Gasteiger partial charge in [-0.2, -0.15) is 0 Å². The molecule has 0 unspecified atom stereocenters. The maximum atomic E-state index is 13.2. The van der Waals surface area contributed by atoms with Crippen LogP contribution in [-0.4, -0.2) is 19.5 Å². The molecule has 1 saturated carbocycles. The van der Waals surface area contributed by atoms with E-state index in [9.17, 15) is 4.79 Å². The van der Waals surface area contributed by atoms with E-state index in [1.807, 2.05) is 26.0 Å². The summed E-state index contributed by atoms with van der Waals surface area (Å²) in [6.07, 6.45) is 6.16. The number of anilines is 1. The van der Waals surface area contributed by atoms with Crippen molar-refractivity contribution in [3.8, 4) is 5.82 Å². The van der Waals surface area contributed by atoms with Gasteiger partial charge in [-0.25, -0.2) is 19.5 Å². The van der Waals surface area contributed by atoms with Crippen LogP contribution in [0, 0.1) is 19.8 Å². The van der Waals surface area contributed by atoms with Crippen molar-refractivity contribution < 1.29 is 0 Å². The zero-order valence-electron chi connectivity index (χ0n) is 13.8. The zero-order valence-corrected chi connectivity index (χ0v) is 13.8. The van der Waals surface area contributed by atoms with Crippen molar-refractivity contribution in [2.45, 2.75) is 33.1 Å². The topological polar surface area (TPSA) is 86.7 Å². The molecule has 4 rings (SSSR count). The summed E-state index contributed by atoms with van der Waals surface area (Å²) in [5, 5.41) is 0.646. The van der Waals surface area contributed by atoms with Crippen LogP contribution in [0.2, 0.25) is 0 Å². The minimum atomic E-state index is -0.0871. The second kappa shape index (κ2) is 5.40. The fourth-order valence-electron chi connectivity index (χ4n) is 3.02. The predicted octanol–water partition coefficient (Wildman–Crippen LogP) is 2.33. The largest absolute Gasteiger partial charge is 0.382 e. The molecule has 122 valence electrons. The first kappa shape index (κ1) is 14.8. The first-order valence-corrected chi connectivity index (χ1v) is 8.14. The molecule has 1 fully saturated rings. The smallest absolute Gasteiger partial charge is 0.267 e. The lowest BCUT2D eigenvalue weighted by atomic mass is 10.1. The molecule has 1 aliphatic rings. The molecule has 24 heavy (non-hydrogen) atoms. The van der Waals surface area contributed by atoms with Crippen molar-refractivity contribution in [3.05, 3.63) is 51.8 Å². The zero-order chi connectivity index (χ0) is 16.8. The number of nitrogens with two attached hydrogens (primary N) is 1. The number of nitrogen functional groups attached to an aromatic ring is 1. The van der Waals surface area contributed by atoms with Gasteiger partial charge in [-0.05, 0) is 43.7 Å². The summed E-state index contributed by atoms with van der Waals surface area (Å²) in [4.78, 5) is 26.4. The Kier molecular flexibility index (Phi) is 3.33. The third-order valence-electron chi connectivity index (χ3n) is 4.56. The van der Waals surface area contributed by atoms with Crippen molar-refractivity contribution in [2.75, 3.05) is 5.73 Å². The van der Waals surface area contributed by atoms with Gasteiger partial charge >= 0.3 is 0 Å². The van der Waals surface area contributed by atoms with E-state index in [1.165, 1.54) is 25.2 Å². The van der Waals surface area contributed by atoms with Crippen LogP contribution < -0.4 is 11.3 Å². The standard InChI is InChI=1S/C18H19N5O/c1-10-3-4-11(2)17-16(10)18(24)23(14(22-17)7-12-5-6-12)15-9-20-13(19)8-21-15/h3-4,8-9,12H,5-7H2,1-2H3,(H2,19,20). The van der Waals surface area contributed by atoms with Crippen LogP contribution in [0.1, 0.15) is 29.8 Å². The third-order valence-corrected chi connectivity index (χ3v) is 4.56. The van der Waals surface area contributed by atoms with E-state index >= 15 is 0 Å². The summed E-state index contributed by atoms with van der Waals surface area (Å²) >= 11 is 0. The van der Waals surface area contributed by atoms with Gasteiger partial charge in [0.15, 0.2) is 5.82 Å².